The smallest absolute Gasteiger partial charge is 0.323 e. The predicted octanol–water partition coefficient (Wildman–Crippen LogP) is 0.266. The van der Waals surface area contributed by atoms with Gasteiger partial charge < -0.3 is 5.53 Å². The molecule has 0 radical (unpaired) electrons. The minimum absolute atomic E-state index is 0.0486. The van der Waals surface area contributed by atoms with Gasteiger partial charge in [0.15, 0.2) is 0 Å². The fourth-order valence-electron chi connectivity index (χ4n) is 0.530. The average molecular weight is 110 g/mol. The van der Waals surface area contributed by atoms with E-state index in [1.165, 1.54) is 0 Å². The lowest BCUT2D eigenvalue weighted by atomic mass is 10.3. The summed E-state index contributed by atoms with van der Waals surface area (Å²) in [6.07, 6.45) is 2.90. The summed E-state index contributed by atoms with van der Waals surface area (Å²) in [4.78, 5) is 13.1. The Bertz CT molecular complexity index is 154. The van der Waals surface area contributed by atoms with Crippen LogP contribution in [0.25, 0.3) is 5.53 Å². The lowest BCUT2D eigenvalue weighted by Gasteiger charge is -1.72. The zero-order valence-corrected chi connectivity index (χ0v) is 4.37. The van der Waals surface area contributed by atoms with Crippen molar-refractivity contribution < 1.29 is 9.58 Å². The summed E-state index contributed by atoms with van der Waals surface area (Å²) in [7, 11) is 0. The summed E-state index contributed by atoms with van der Waals surface area (Å²) in [5.41, 5.74) is 7.86. The molecule has 1 saturated carbocycles. The number of ketones is 1. The van der Waals surface area contributed by atoms with Crippen LogP contribution in [-0.4, -0.2) is 16.8 Å². The largest absolute Gasteiger partial charge is 0.361 e. The highest BCUT2D eigenvalue weighted by atomic mass is 16.1. The summed E-state index contributed by atoms with van der Waals surface area (Å²) >= 11 is 0. The van der Waals surface area contributed by atoms with Crippen molar-refractivity contribution >= 4 is 12.0 Å². The molecule has 0 aliphatic heterocycles. The van der Waals surface area contributed by atoms with Gasteiger partial charge in [-0.05, 0) is 12.8 Å². The summed E-state index contributed by atoms with van der Waals surface area (Å²) < 4.78 is 0. The van der Waals surface area contributed by atoms with Crippen LogP contribution in [0.1, 0.15) is 12.8 Å². The van der Waals surface area contributed by atoms with Crippen molar-refractivity contribution in [3.05, 3.63) is 5.53 Å². The molecule has 0 bridgehead atoms. The Hall–Kier alpha value is -0.950. The van der Waals surface area contributed by atoms with E-state index in [0.29, 0.717) is 0 Å². The number of Topliss-reactive ketones (excluding diaryl/α,β-unsaturated/α-hetero) is 1. The molecule has 0 unspecified atom stereocenters. The second kappa shape index (κ2) is 1.88. The van der Waals surface area contributed by atoms with E-state index in [1.54, 1.807) is 0 Å². The van der Waals surface area contributed by atoms with Gasteiger partial charge in [-0.2, -0.15) is 4.79 Å². The summed E-state index contributed by atoms with van der Waals surface area (Å²) in [6.45, 7) is 0. The van der Waals surface area contributed by atoms with Crippen molar-refractivity contribution in [1.29, 1.82) is 0 Å². The molecule has 0 spiro atoms. The highest BCUT2D eigenvalue weighted by molar-refractivity contribution is 6.26. The zero-order chi connectivity index (χ0) is 5.98. The molecule has 0 aromatic carbocycles. The number of rotatable bonds is 2. The van der Waals surface area contributed by atoms with Crippen LogP contribution in [0.15, 0.2) is 0 Å². The van der Waals surface area contributed by atoms with Gasteiger partial charge in [0, 0.05) is 5.92 Å². The van der Waals surface area contributed by atoms with E-state index < -0.39 is 0 Å². The lowest BCUT2D eigenvalue weighted by Crippen LogP contribution is -2.00. The van der Waals surface area contributed by atoms with Gasteiger partial charge >= 0.3 is 6.21 Å². The van der Waals surface area contributed by atoms with Crippen LogP contribution in [0, 0.1) is 5.92 Å². The third-order valence-corrected chi connectivity index (χ3v) is 1.16. The van der Waals surface area contributed by atoms with Gasteiger partial charge in [-0.25, -0.2) is 0 Å². The molecule has 0 heterocycles. The van der Waals surface area contributed by atoms with Gasteiger partial charge in [0.25, 0.3) is 0 Å². The highest BCUT2D eigenvalue weighted by Crippen LogP contribution is 2.28. The van der Waals surface area contributed by atoms with E-state index in [0.717, 1.165) is 19.1 Å². The number of carbonyl (C=O) groups excluding carboxylic acids is 1. The monoisotopic (exact) mass is 110 g/mol. The quantitative estimate of drug-likeness (QED) is 0.286. The molecule has 0 amide bonds. The Labute approximate surface area is 46.9 Å². The van der Waals surface area contributed by atoms with E-state index in [1.807, 2.05) is 0 Å². The first-order valence-corrected chi connectivity index (χ1v) is 2.56. The molecule has 1 aliphatic carbocycles. The zero-order valence-electron chi connectivity index (χ0n) is 4.37. The second-order valence-corrected chi connectivity index (χ2v) is 1.92. The maximum Gasteiger partial charge on any atom is 0.323 e. The van der Waals surface area contributed by atoms with Crippen molar-refractivity contribution in [1.82, 2.24) is 0 Å². The van der Waals surface area contributed by atoms with Crippen LogP contribution in [0.3, 0.4) is 0 Å². The normalized spacial score (nSPS) is 17.0. The topological polar surface area (TPSA) is 53.5 Å². The fourth-order valence-corrected chi connectivity index (χ4v) is 0.530. The number of carbonyl (C=O) groups is 1. The predicted molar refractivity (Wildman–Crippen MR) is 27.4 cm³/mol. The summed E-state index contributed by atoms with van der Waals surface area (Å²) in [6, 6.07) is 0. The maximum absolute atomic E-state index is 10.5. The Morgan fingerprint density at radius 3 is 2.75 bits per heavy atom. The Morgan fingerprint density at radius 2 is 2.38 bits per heavy atom. The van der Waals surface area contributed by atoms with Crippen molar-refractivity contribution in [2.24, 2.45) is 5.92 Å². The minimum atomic E-state index is -0.0486. The molecule has 1 fully saturated rings. The first kappa shape index (κ1) is 5.19. The third kappa shape index (κ3) is 1.01. The van der Waals surface area contributed by atoms with Crippen LogP contribution in [0.2, 0.25) is 0 Å². The van der Waals surface area contributed by atoms with Crippen LogP contribution in [-0.2, 0) is 4.79 Å². The Kier molecular flexibility index (Phi) is 1.22. The van der Waals surface area contributed by atoms with Gasteiger partial charge in [-0.15, -0.1) is 0 Å². The van der Waals surface area contributed by atoms with E-state index in [2.05, 4.69) is 4.79 Å². The number of hydrogen-bond acceptors (Lipinski definition) is 1. The van der Waals surface area contributed by atoms with Crippen molar-refractivity contribution in [2.75, 3.05) is 0 Å². The van der Waals surface area contributed by atoms with E-state index in [4.69, 9.17) is 5.53 Å². The molecular formula is C5H6N2O. The molecule has 0 saturated heterocycles. The van der Waals surface area contributed by atoms with Gasteiger partial charge in [0.1, 0.15) is 0 Å². The van der Waals surface area contributed by atoms with E-state index in [-0.39, 0.29) is 11.7 Å². The van der Waals surface area contributed by atoms with Crippen LogP contribution in [0.4, 0.5) is 0 Å². The Balaban J connectivity index is 2.44. The van der Waals surface area contributed by atoms with Gasteiger partial charge in [0.05, 0.1) is 0 Å². The highest BCUT2D eigenvalue weighted by Gasteiger charge is 2.30. The van der Waals surface area contributed by atoms with E-state index >= 15 is 0 Å². The fraction of sp³-hybridized carbons (Fsp3) is 0.600. The number of nitrogens with zero attached hydrogens (tertiary/aromatic N) is 2. The molecule has 3 nitrogen and oxygen atoms in total. The molecule has 3 heteroatoms. The second-order valence-electron chi connectivity index (χ2n) is 1.92. The van der Waals surface area contributed by atoms with Gasteiger partial charge in [0.2, 0.25) is 5.78 Å². The Morgan fingerprint density at radius 1 is 1.75 bits per heavy atom. The van der Waals surface area contributed by atoms with Crippen molar-refractivity contribution in [2.45, 2.75) is 12.8 Å². The summed E-state index contributed by atoms with van der Waals surface area (Å²) in [5, 5.41) is 0. The molecule has 0 atom stereocenters. The lowest BCUT2D eigenvalue weighted by molar-refractivity contribution is -0.117. The molecule has 0 aromatic heterocycles. The van der Waals surface area contributed by atoms with Crippen LogP contribution < -0.4 is 0 Å². The molecular weight excluding hydrogens is 104 g/mol. The van der Waals surface area contributed by atoms with Gasteiger partial charge in [-0.3, -0.25) is 4.79 Å². The van der Waals surface area contributed by atoms with Crippen molar-refractivity contribution in [3.63, 3.8) is 0 Å². The molecule has 0 N–H and O–H groups in total. The summed E-state index contributed by atoms with van der Waals surface area (Å²) in [5.74, 6) is 0.124. The van der Waals surface area contributed by atoms with Crippen LogP contribution in [0.5, 0.6) is 0 Å². The van der Waals surface area contributed by atoms with Gasteiger partial charge in [-0.1, -0.05) is 0 Å². The van der Waals surface area contributed by atoms with E-state index in [9.17, 15) is 4.79 Å². The molecule has 42 valence electrons. The SMILES string of the molecule is [N-]=[N+]=CC(=O)C1CC1. The average Bonchev–Trinajstić information content (AvgIpc) is 2.45. The van der Waals surface area contributed by atoms with Crippen LogP contribution >= 0.6 is 0 Å². The third-order valence-electron chi connectivity index (χ3n) is 1.16. The number of hydrogen-bond donors (Lipinski definition) is 0. The standard InChI is InChI=1S/C5H6N2O/c6-7-3-5(8)4-1-2-4/h3-4H,1-2H2. The first-order valence-electron chi connectivity index (χ1n) is 2.56. The molecule has 0 aromatic rings. The minimum Gasteiger partial charge on any atom is -0.361 e. The molecule has 8 heavy (non-hydrogen) atoms. The van der Waals surface area contributed by atoms with Crippen molar-refractivity contribution in [3.8, 4) is 0 Å². The maximum atomic E-state index is 10.5. The molecule has 1 rings (SSSR count). The first-order chi connectivity index (χ1) is 3.84. The molecule has 1 aliphatic rings.